The third kappa shape index (κ3) is 5.35. The highest BCUT2D eigenvalue weighted by atomic mass is 35.5. The van der Waals surface area contributed by atoms with Crippen molar-refractivity contribution in [1.29, 1.82) is 0 Å². The van der Waals surface area contributed by atoms with Crippen LogP contribution in [0.25, 0.3) is 22.2 Å². The van der Waals surface area contributed by atoms with Crippen LogP contribution in [0.2, 0.25) is 5.02 Å². The number of amides is 1. The molecule has 0 aliphatic carbocycles. The van der Waals surface area contributed by atoms with Gasteiger partial charge in [0.15, 0.2) is 0 Å². The van der Waals surface area contributed by atoms with Crippen molar-refractivity contribution in [2.24, 2.45) is 11.0 Å². The molecule has 34 heavy (non-hydrogen) atoms. The van der Waals surface area contributed by atoms with Gasteiger partial charge in [-0.3, -0.25) is 4.79 Å². The van der Waals surface area contributed by atoms with Crippen molar-refractivity contribution in [3.05, 3.63) is 101 Å². The Labute approximate surface area is 205 Å². The fourth-order valence-electron chi connectivity index (χ4n) is 3.99. The molecule has 0 saturated carbocycles. The molecule has 0 fully saturated rings. The van der Waals surface area contributed by atoms with Gasteiger partial charge >= 0.3 is 0 Å². The lowest BCUT2D eigenvalue weighted by Gasteiger charge is -2.11. The molecule has 0 aliphatic rings. The van der Waals surface area contributed by atoms with Crippen LogP contribution in [0.4, 0.5) is 0 Å². The molecule has 0 saturated heterocycles. The van der Waals surface area contributed by atoms with Crippen molar-refractivity contribution in [3.63, 3.8) is 0 Å². The van der Waals surface area contributed by atoms with E-state index in [2.05, 4.69) is 48.6 Å². The van der Waals surface area contributed by atoms with Crippen molar-refractivity contribution < 1.29 is 4.79 Å². The van der Waals surface area contributed by atoms with Gasteiger partial charge in [0.1, 0.15) is 0 Å². The van der Waals surface area contributed by atoms with Crippen LogP contribution in [0.5, 0.6) is 0 Å². The van der Waals surface area contributed by atoms with Crippen LogP contribution in [0.1, 0.15) is 48.7 Å². The Balaban J connectivity index is 1.67. The molecule has 5 heteroatoms. The monoisotopic (exact) mass is 469 g/mol. The number of nitrogens with one attached hydrogen (secondary N) is 1. The Kier molecular flexibility index (Phi) is 7.39. The Morgan fingerprint density at radius 3 is 2.41 bits per heavy atom. The van der Waals surface area contributed by atoms with E-state index in [1.165, 1.54) is 5.56 Å². The Hall–Kier alpha value is -3.50. The minimum atomic E-state index is -0.297. The summed E-state index contributed by atoms with van der Waals surface area (Å²) in [5, 5.41) is 5.67. The number of hydrazone groups is 1. The maximum atomic E-state index is 13.3. The van der Waals surface area contributed by atoms with Gasteiger partial charge < -0.3 is 0 Å². The van der Waals surface area contributed by atoms with Crippen molar-refractivity contribution in [2.75, 3.05) is 0 Å². The number of fused-ring (bicyclic) bond motifs is 1. The van der Waals surface area contributed by atoms with E-state index < -0.39 is 0 Å². The highest BCUT2D eigenvalue weighted by Gasteiger charge is 2.16. The first kappa shape index (κ1) is 23.7. The summed E-state index contributed by atoms with van der Waals surface area (Å²) in [5.74, 6) is 0.308. The Morgan fingerprint density at radius 2 is 1.74 bits per heavy atom. The lowest BCUT2D eigenvalue weighted by atomic mass is 10.00. The molecule has 0 spiro atoms. The van der Waals surface area contributed by atoms with Crippen molar-refractivity contribution in [2.45, 2.75) is 33.6 Å². The van der Waals surface area contributed by atoms with E-state index in [0.29, 0.717) is 39.5 Å². The summed E-state index contributed by atoms with van der Waals surface area (Å²) in [5.41, 5.74) is 8.57. The molecular weight excluding hydrogens is 442 g/mol. The second-order valence-electron chi connectivity index (χ2n) is 8.70. The van der Waals surface area contributed by atoms with Gasteiger partial charge in [0.2, 0.25) is 0 Å². The van der Waals surface area contributed by atoms with Gasteiger partial charge in [-0.05, 0) is 42.0 Å². The zero-order valence-electron chi connectivity index (χ0n) is 19.7. The summed E-state index contributed by atoms with van der Waals surface area (Å²) in [4.78, 5) is 18.0. The van der Waals surface area contributed by atoms with Crippen molar-refractivity contribution in [1.82, 2.24) is 10.4 Å². The van der Waals surface area contributed by atoms with E-state index in [1.54, 1.807) is 12.1 Å². The number of hydrogen-bond acceptors (Lipinski definition) is 3. The van der Waals surface area contributed by atoms with Crippen LogP contribution in [0, 0.1) is 5.92 Å². The van der Waals surface area contributed by atoms with Crippen LogP contribution in [-0.2, 0) is 6.42 Å². The number of benzene rings is 3. The highest BCUT2D eigenvalue weighted by Crippen LogP contribution is 2.29. The fourth-order valence-corrected chi connectivity index (χ4v) is 4.21. The average Bonchev–Trinajstić information content (AvgIpc) is 2.85. The predicted octanol–water partition coefficient (Wildman–Crippen LogP) is 7.30. The molecule has 1 N–H and O–H groups in total. The predicted molar refractivity (Wildman–Crippen MR) is 141 cm³/mol. The smallest absolute Gasteiger partial charge is 0.267 e. The quantitative estimate of drug-likeness (QED) is 0.228. The summed E-state index contributed by atoms with van der Waals surface area (Å²) < 4.78 is 0. The number of halogens is 1. The number of rotatable bonds is 7. The lowest BCUT2D eigenvalue weighted by Crippen LogP contribution is -2.20. The summed E-state index contributed by atoms with van der Waals surface area (Å²) >= 11 is 6.45. The van der Waals surface area contributed by atoms with Crippen LogP contribution < -0.4 is 5.43 Å². The number of para-hydroxylation sites is 1. The first-order valence-corrected chi connectivity index (χ1v) is 11.9. The second-order valence-corrected chi connectivity index (χ2v) is 9.11. The van der Waals surface area contributed by atoms with Crippen LogP contribution in [0.3, 0.4) is 0 Å². The fraction of sp³-hybridized carbons (Fsp3) is 0.207. The highest BCUT2D eigenvalue weighted by molar-refractivity contribution is 6.35. The minimum Gasteiger partial charge on any atom is -0.267 e. The van der Waals surface area contributed by atoms with E-state index in [-0.39, 0.29) is 5.91 Å². The van der Waals surface area contributed by atoms with E-state index in [9.17, 15) is 4.79 Å². The van der Waals surface area contributed by atoms with Gasteiger partial charge in [-0.15, -0.1) is 0 Å². The zero-order chi connectivity index (χ0) is 24.1. The normalized spacial score (nSPS) is 11.7. The lowest BCUT2D eigenvalue weighted by molar-refractivity contribution is 0.0956. The topological polar surface area (TPSA) is 54.4 Å². The molecule has 4 nitrogen and oxygen atoms in total. The molecule has 4 aromatic rings. The van der Waals surface area contributed by atoms with E-state index in [0.717, 1.165) is 23.3 Å². The standard InChI is InChI=1S/C29H28ClN3O/c1-4-26(22-15-13-20(14-16-22)17-19(2)3)32-33-29(34)24-18-27(21-9-6-5-7-10-21)31-28-23(24)11-8-12-25(28)30/h5-16,18-19H,4,17H2,1-3H3,(H,33,34). The minimum absolute atomic E-state index is 0.297. The summed E-state index contributed by atoms with van der Waals surface area (Å²) in [6.07, 6.45) is 1.74. The largest absolute Gasteiger partial charge is 0.272 e. The van der Waals surface area contributed by atoms with E-state index in [1.807, 2.05) is 49.4 Å². The Morgan fingerprint density at radius 1 is 1.00 bits per heavy atom. The first-order chi connectivity index (χ1) is 16.5. The van der Waals surface area contributed by atoms with Crippen LogP contribution in [-0.4, -0.2) is 16.6 Å². The SMILES string of the molecule is CCC(=NNC(=O)c1cc(-c2ccccc2)nc2c(Cl)cccc12)c1ccc(CC(C)C)cc1. The number of nitrogens with zero attached hydrogens (tertiary/aromatic N) is 2. The maximum absolute atomic E-state index is 13.3. The van der Waals surface area contributed by atoms with Crippen LogP contribution in [0.15, 0.2) is 84.0 Å². The molecule has 0 bridgehead atoms. The number of carbonyl (C=O) groups is 1. The molecule has 172 valence electrons. The maximum Gasteiger partial charge on any atom is 0.272 e. The molecular formula is C29H28ClN3O. The Bertz CT molecular complexity index is 1330. The molecule has 0 radical (unpaired) electrons. The van der Waals surface area contributed by atoms with Gasteiger partial charge in [-0.1, -0.05) is 99.1 Å². The number of aromatic nitrogens is 1. The summed E-state index contributed by atoms with van der Waals surface area (Å²) in [6.45, 7) is 6.45. The zero-order valence-corrected chi connectivity index (χ0v) is 20.4. The molecule has 1 aromatic heterocycles. The van der Waals surface area contributed by atoms with Crippen molar-refractivity contribution >= 4 is 34.1 Å². The van der Waals surface area contributed by atoms with Gasteiger partial charge in [0.05, 0.1) is 27.5 Å². The van der Waals surface area contributed by atoms with Gasteiger partial charge in [-0.2, -0.15) is 5.10 Å². The molecule has 1 amide bonds. The number of hydrogen-bond donors (Lipinski definition) is 1. The van der Waals surface area contributed by atoms with Crippen LogP contribution >= 0.6 is 11.6 Å². The third-order valence-corrected chi connectivity index (χ3v) is 5.97. The van der Waals surface area contributed by atoms with E-state index in [4.69, 9.17) is 16.6 Å². The second kappa shape index (κ2) is 10.6. The molecule has 4 rings (SSSR count). The third-order valence-electron chi connectivity index (χ3n) is 5.66. The number of pyridine rings is 1. The summed E-state index contributed by atoms with van der Waals surface area (Å²) in [6, 6.07) is 25.4. The van der Waals surface area contributed by atoms with E-state index >= 15 is 0 Å². The summed E-state index contributed by atoms with van der Waals surface area (Å²) in [7, 11) is 0. The molecule has 0 unspecified atom stereocenters. The van der Waals surface area contributed by atoms with Gasteiger partial charge in [0, 0.05) is 10.9 Å². The number of carbonyl (C=O) groups excluding carboxylic acids is 1. The molecule has 0 aliphatic heterocycles. The average molecular weight is 470 g/mol. The first-order valence-electron chi connectivity index (χ1n) is 11.6. The van der Waals surface area contributed by atoms with Gasteiger partial charge in [0.25, 0.3) is 5.91 Å². The molecule has 0 atom stereocenters. The van der Waals surface area contributed by atoms with Crippen molar-refractivity contribution in [3.8, 4) is 11.3 Å². The van der Waals surface area contributed by atoms with Gasteiger partial charge in [-0.25, -0.2) is 10.4 Å². The molecule has 3 aromatic carbocycles. The molecule has 1 heterocycles.